The molecule has 1 unspecified atom stereocenters. The minimum Gasteiger partial charge on any atom is -0.492 e. The van der Waals surface area contributed by atoms with Gasteiger partial charge in [0.25, 0.3) is 0 Å². The molecule has 2 aliphatic rings. The van der Waals surface area contributed by atoms with Crippen LogP contribution in [0.25, 0.3) is 0 Å². The average Bonchev–Trinajstić information content (AvgIpc) is 2.92. The SMILES string of the molecule is CCOC(=O)C1CCN(c2c(F)cc3c(c2OC)N(CC(F)(F)F)CC(C(=O)NCc2ccc(Cl)cc2Cl)C3=O)CC1. The van der Waals surface area contributed by atoms with Crippen molar-refractivity contribution in [1.82, 2.24) is 5.32 Å². The van der Waals surface area contributed by atoms with E-state index in [1.54, 1.807) is 24.0 Å². The molecule has 4 rings (SSSR count). The lowest BCUT2D eigenvalue weighted by Gasteiger charge is -2.39. The van der Waals surface area contributed by atoms with Crippen molar-refractivity contribution in [2.45, 2.75) is 32.5 Å². The molecule has 8 nitrogen and oxygen atoms in total. The fourth-order valence-electron chi connectivity index (χ4n) is 5.31. The van der Waals surface area contributed by atoms with Crippen molar-refractivity contribution in [2.24, 2.45) is 11.8 Å². The van der Waals surface area contributed by atoms with Gasteiger partial charge in [0.05, 0.1) is 25.3 Å². The Kier molecular flexibility index (Phi) is 9.77. The van der Waals surface area contributed by atoms with Gasteiger partial charge in [0.1, 0.15) is 18.2 Å². The standard InChI is InChI=1S/C28H29Cl2F4N3O5/c1-3-42-27(40)15-6-8-36(9-7-15)23-21(31)11-18-22(25(23)41-2)37(14-28(32,33)34)13-19(24(18)38)26(39)35-12-16-4-5-17(29)10-20(16)30/h4-5,10-11,15,19H,3,6-9,12-14H2,1-2H3,(H,35,39). The van der Waals surface area contributed by atoms with Gasteiger partial charge in [0, 0.05) is 41.8 Å². The number of rotatable bonds is 8. The summed E-state index contributed by atoms with van der Waals surface area (Å²) >= 11 is 12.0. The van der Waals surface area contributed by atoms with E-state index < -0.39 is 54.2 Å². The number of benzene rings is 2. The maximum atomic E-state index is 15.7. The van der Waals surface area contributed by atoms with Crippen LogP contribution in [-0.4, -0.2) is 63.7 Å². The molecule has 1 amide bonds. The number of esters is 1. The second kappa shape index (κ2) is 12.9. The van der Waals surface area contributed by atoms with E-state index in [9.17, 15) is 27.6 Å². The number of methoxy groups -OCH3 is 1. The molecule has 14 heteroatoms. The number of Topliss-reactive ketones (excluding diaryl/α,β-unsaturated/α-hetero) is 1. The Hall–Kier alpha value is -3.25. The van der Waals surface area contributed by atoms with Gasteiger partial charge in [0.15, 0.2) is 17.3 Å². The van der Waals surface area contributed by atoms with E-state index in [1.807, 2.05) is 0 Å². The lowest BCUT2D eigenvalue weighted by Crippen LogP contribution is -2.49. The Morgan fingerprint density at radius 1 is 1.12 bits per heavy atom. The highest BCUT2D eigenvalue weighted by Crippen LogP contribution is 2.47. The van der Waals surface area contributed by atoms with Crippen LogP contribution in [0.3, 0.4) is 0 Å². The number of carbonyl (C=O) groups is 3. The molecule has 228 valence electrons. The minimum absolute atomic E-state index is 0.108. The van der Waals surface area contributed by atoms with Gasteiger partial charge in [-0.1, -0.05) is 29.3 Å². The average molecular weight is 634 g/mol. The molecule has 0 bridgehead atoms. The number of alkyl halides is 3. The van der Waals surface area contributed by atoms with Crippen LogP contribution in [0.5, 0.6) is 5.75 Å². The molecule has 42 heavy (non-hydrogen) atoms. The maximum Gasteiger partial charge on any atom is 0.405 e. The Morgan fingerprint density at radius 3 is 2.40 bits per heavy atom. The van der Waals surface area contributed by atoms with Crippen molar-refractivity contribution in [3.05, 3.63) is 51.3 Å². The van der Waals surface area contributed by atoms with Gasteiger partial charge < -0.3 is 24.6 Å². The Labute approximate surface area is 249 Å². The van der Waals surface area contributed by atoms with Gasteiger partial charge in [-0.15, -0.1) is 0 Å². The van der Waals surface area contributed by atoms with Crippen molar-refractivity contribution in [3.63, 3.8) is 0 Å². The quantitative estimate of drug-likeness (QED) is 0.236. The highest BCUT2D eigenvalue weighted by Gasteiger charge is 2.44. The van der Waals surface area contributed by atoms with Crippen LogP contribution >= 0.6 is 23.2 Å². The lowest BCUT2D eigenvalue weighted by molar-refractivity contribution is -0.148. The van der Waals surface area contributed by atoms with Gasteiger partial charge >= 0.3 is 12.1 Å². The van der Waals surface area contributed by atoms with Gasteiger partial charge in [-0.2, -0.15) is 13.2 Å². The molecule has 1 atom stereocenters. The Morgan fingerprint density at radius 2 is 1.81 bits per heavy atom. The summed E-state index contributed by atoms with van der Waals surface area (Å²) in [6.07, 6.45) is -4.04. The molecular formula is C28H29Cl2F4N3O5. The molecule has 1 fully saturated rings. The number of amides is 1. The number of carbonyl (C=O) groups excluding carboxylic acids is 3. The van der Waals surface area contributed by atoms with E-state index in [4.69, 9.17) is 32.7 Å². The molecule has 2 aromatic rings. The first-order valence-electron chi connectivity index (χ1n) is 13.2. The molecule has 2 aromatic carbocycles. The van der Waals surface area contributed by atoms with Gasteiger partial charge in [-0.3, -0.25) is 14.4 Å². The summed E-state index contributed by atoms with van der Waals surface area (Å²) in [5.41, 5.74) is -0.267. The molecule has 0 spiro atoms. The summed E-state index contributed by atoms with van der Waals surface area (Å²) in [7, 11) is 1.18. The molecule has 0 aromatic heterocycles. The van der Waals surface area contributed by atoms with E-state index >= 15 is 4.39 Å². The second-order valence-corrected chi connectivity index (χ2v) is 10.9. The van der Waals surface area contributed by atoms with E-state index in [2.05, 4.69) is 5.32 Å². The van der Waals surface area contributed by atoms with E-state index in [-0.39, 0.29) is 54.4 Å². The number of anilines is 2. The predicted molar refractivity (Wildman–Crippen MR) is 149 cm³/mol. The monoisotopic (exact) mass is 633 g/mol. The van der Waals surface area contributed by atoms with Crippen molar-refractivity contribution < 1.29 is 41.4 Å². The first-order valence-corrected chi connectivity index (χ1v) is 14.0. The first kappa shape index (κ1) is 31.7. The third kappa shape index (κ3) is 6.86. The highest BCUT2D eigenvalue weighted by molar-refractivity contribution is 6.35. The fourth-order valence-corrected chi connectivity index (χ4v) is 5.79. The molecular weight excluding hydrogens is 605 g/mol. The zero-order chi connectivity index (χ0) is 30.8. The maximum absolute atomic E-state index is 15.7. The second-order valence-electron chi connectivity index (χ2n) is 10.0. The number of fused-ring (bicyclic) bond motifs is 1. The van der Waals surface area contributed by atoms with Crippen LogP contribution in [-0.2, 0) is 20.9 Å². The van der Waals surface area contributed by atoms with E-state index in [0.29, 0.717) is 23.4 Å². The molecule has 0 radical (unpaired) electrons. The van der Waals surface area contributed by atoms with Crippen LogP contribution in [0.2, 0.25) is 10.0 Å². The van der Waals surface area contributed by atoms with E-state index in [1.165, 1.54) is 13.2 Å². The van der Waals surface area contributed by atoms with Crippen LogP contribution in [0, 0.1) is 17.7 Å². The number of nitrogens with zero attached hydrogens (tertiary/aromatic N) is 2. The summed E-state index contributed by atoms with van der Waals surface area (Å²) in [6.45, 7) is 0.108. The third-order valence-corrected chi connectivity index (χ3v) is 7.86. The number of hydrogen-bond donors (Lipinski definition) is 1. The topological polar surface area (TPSA) is 88.2 Å². The number of ketones is 1. The summed E-state index contributed by atoms with van der Waals surface area (Å²) in [5.74, 6) is -5.13. The number of nitrogens with one attached hydrogen (secondary N) is 1. The third-order valence-electron chi connectivity index (χ3n) is 7.27. The summed E-state index contributed by atoms with van der Waals surface area (Å²) in [4.78, 5) is 41.1. The van der Waals surface area contributed by atoms with Gasteiger partial charge in [0.2, 0.25) is 5.91 Å². The first-order chi connectivity index (χ1) is 19.8. The van der Waals surface area contributed by atoms with Crippen molar-refractivity contribution in [3.8, 4) is 5.75 Å². The Bertz CT molecular complexity index is 1370. The van der Waals surface area contributed by atoms with Crippen molar-refractivity contribution >= 4 is 52.2 Å². The zero-order valence-electron chi connectivity index (χ0n) is 22.8. The minimum atomic E-state index is -4.72. The molecule has 1 N–H and O–H groups in total. The molecule has 0 saturated carbocycles. The highest BCUT2D eigenvalue weighted by atomic mass is 35.5. The molecule has 2 aliphatic heterocycles. The van der Waals surface area contributed by atoms with Crippen LogP contribution < -0.4 is 19.9 Å². The van der Waals surface area contributed by atoms with Gasteiger partial charge in [-0.25, -0.2) is 4.39 Å². The largest absolute Gasteiger partial charge is 0.492 e. The van der Waals surface area contributed by atoms with Crippen molar-refractivity contribution in [2.75, 3.05) is 49.7 Å². The molecule has 2 heterocycles. The molecule has 0 aliphatic carbocycles. The van der Waals surface area contributed by atoms with Crippen LogP contribution in [0.1, 0.15) is 35.7 Å². The number of halogens is 6. The van der Waals surface area contributed by atoms with Gasteiger partial charge in [-0.05, 0) is 43.5 Å². The predicted octanol–water partition coefficient (Wildman–Crippen LogP) is 5.42. The normalized spacial score (nSPS) is 17.6. The summed E-state index contributed by atoms with van der Waals surface area (Å²) < 4.78 is 67.4. The molecule has 1 saturated heterocycles. The summed E-state index contributed by atoms with van der Waals surface area (Å²) in [6, 6.07) is 5.43. The van der Waals surface area contributed by atoms with E-state index in [0.717, 1.165) is 11.0 Å². The number of hydrogen-bond acceptors (Lipinski definition) is 7. The smallest absolute Gasteiger partial charge is 0.405 e. The number of piperidine rings is 1. The van der Waals surface area contributed by atoms with Crippen LogP contribution in [0.15, 0.2) is 24.3 Å². The number of ether oxygens (including phenoxy) is 2. The Balaban J connectivity index is 1.65. The van der Waals surface area contributed by atoms with Crippen LogP contribution in [0.4, 0.5) is 28.9 Å². The lowest BCUT2D eigenvalue weighted by atomic mass is 9.88. The fraction of sp³-hybridized carbons (Fsp3) is 0.464. The summed E-state index contributed by atoms with van der Waals surface area (Å²) in [5, 5.41) is 3.16. The van der Waals surface area contributed by atoms with Crippen molar-refractivity contribution in [1.29, 1.82) is 0 Å². The zero-order valence-corrected chi connectivity index (χ0v) is 24.3.